The number of hydrogen-bond donors (Lipinski definition) is 1. The van der Waals surface area contributed by atoms with E-state index in [0.29, 0.717) is 12.3 Å². The zero-order chi connectivity index (χ0) is 12.3. The third kappa shape index (κ3) is 3.23. The number of benzene rings is 1. The minimum atomic E-state index is -0.131. The summed E-state index contributed by atoms with van der Waals surface area (Å²) in [5.74, 6) is 0.576. The topological polar surface area (TPSA) is 29.1 Å². The molecule has 0 aromatic heterocycles. The second-order valence-corrected chi connectivity index (χ2v) is 5.80. The summed E-state index contributed by atoms with van der Waals surface area (Å²) in [5, 5.41) is 3.06. The van der Waals surface area contributed by atoms with Gasteiger partial charge in [0.15, 0.2) is 0 Å². The summed E-state index contributed by atoms with van der Waals surface area (Å²) in [4.78, 5) is 11.9. The Kier molecular flexibility index (Phi) is 4.10. The van der Waals surface area contributed by atoms with Crippen LogP contribution in [-0.4, -0.2) is 17.3 Å². The molecule has 1 saturated carbocycles. The van der Waals surface area contributed by atoms with Crippen LogP contribution in [0, 0.1) is 0 Å². The molecule has 0 unspecified atom stereocenters. The Balaban J connectivity index is 1.91. The van der Waals surface area contributed by atoms with Crippen LogP contribution in [0.25, 0.3) is 0 Å². The van der Waals surface area contributed by atoms with E-state index < -0.39 is 0 Å². The molecule has 0 radical (unpaired) electrons. The second kappa shape index (κ2) is 5.40. The summed E-state index contributed by atoms with van der Waals surface area (Å²) in [5.41, 5.74) is 0.892. The van der Waals surface area contributed by atoms with Gasteiger partial charge in [0.1, 0.15) is 0 Å². The second-order valence-electron chi connectivity index (χ2n) is 4.62. The highest BCUT2D eigenvalue weighted by atomic mass is 79.9. The molecule has 1 amide bonds. The molecular weight excluding hydrogens is 302 g/mol. The van der Waals surface area contributed by atoms with E-state index in [-0.39, 0.29) is 11.4 Å². The maximum Gasteiger partial charge on any atom is 0.224 e. The number of rotatable bonds is 4. The minimum Gasteiger partial charge on any atom is -0.349 e. The number of amides is 1. The summed E-state index contributed by atoms with van der Waals surface area (Å²) in [6, 6.07) is 7.81. The molecule has 1 aromatic rings. The monoisotopic (exact) mass is 315 g/mol. The molecular formula is C13H15BrClNO. The van der Waals surface area contributed by atoms with Gasteiger partial charge in [-0.05, 0) is 37.0 Å². The lowest BCUT2D eigenvalue weighted by Crippen LogP contribution is -2.55. The fourth-order valence-electron chi connectivity index (χ4n) is 2.02. The third-order valence-electron chi connectivity index (χ3n) is 3.25. The van der Waals surface area contributed by atoms with Crippen molar-refractivity contribution in [2.75, 3.05) is 5.88 Å². The maximum absolute atomic E-state index is 11.9. The molecule has 17 heavy (non-hydrogen) atoms. The summed E-state index contributed by atoms with van der Waals surface area (Å²) in [7, 11) is 0. The molecule has 0 aliphatic heterocycles. The Morgan fingerprint density at radius 2 is 2.00 bits per heavy atom. The summed E-state index contributed by atoms with van der Waals surface area (Å²) in [6.45, 7) is 0. The summed E-state index contributed by atoms with van der Waals surface area (Å²) >= 11 is 9.28. The van der Waals surface area contributed by atoms with Crippen LogP contribution in [0.2, 0.25) is 0 Å². The Morgan fingerprint density at radius 1 is 1.35 bits per heavy atom. The van der Waals surface area contributed by atoms with Gasteiger partial charge < -0.3 is 5.32 Å². The van der Waals surface area contributed by atoms with E-state index in [0.717, 1.165) is 29.3 Å². The molecule has 92 valence electrons. The molecule has 1 aromatic carbocycles. The van der Waals surface area contributed by atoms with Gasteiger partial charge in [0.05, 0.1) is 12.0 Å². The van der Waals surface area contributed by atoms with Crippen LogP contribution >= 0.6 is 27.5 Å². The fourth-order valence-corrected chi connectivity index (χ4v) is 2.62. The van der Waals surface area contributed by atoms with Crippen LogP contribution in [0.5, 0.6) is 0 Å². The maximum atomic E-state index is 11.9. The zero-order valence-corrected chi connectivity index (χ0v) is 11.9. The van der Waals surface area contributed by atoms with Gasteiger partial charge in [-0.1, -0.05) is 28.1 Å². The van der Waals surface area contributed by atoms with E-state index in [2.05, 4.69) is 21.2 Å². The number of halogens is 2. The lowest BCUT2D eigenvalue weighted by atomic mass is 9.78. The predicted molar refractivity (Wildman–Crippen MR) is 73.3 cm³/mol. The molecule has 0 spiro atoms. The van der Waals surface area contributed by atoms with Crippen molar-refractivity contribution >= 4 is 33.4 Å². The molecule has 1 aliphatic rings. The number of carbonyl (C=O) groups is 1. The van der Waals surface area contributed by atoms with Gasteiger partial charge in [0.25, 0.3) is 0 Å². The van der Waals surface area contributed by atoms with Crippen LogP contribution in [0.4, 0.5) is 0 Å². The predicted octanol–water partition coefficient (Wildman–Crippen LogP) is 3.27. The third-order valence-corrected chi connectivity index (χ3v) is 4.29. The highest BCUT2D eigenvalue weighted by molar-refractivity contribution is 9.10. The first-order valence-electron chi connectivity index (χ1n) is 5.75. The molecule has 1 N–H and O–H groups in total. The molecule has 0 bridgehead atoms. The van der Waals surface area contributed by atoms with E-state index in [1.165, 1.54) is 0 Å². The van der Waals surface area contributed by atoms with Gasteiger partial charge in [-0.25, -0.2) is 0 Å². The average Bonchev–Trinajstić information content (AvgIpc) is 2.27. The lowest BCUT2D eigenvalue weighted by Gasteiger charge is -2.41. The van der Waals surface area contributed by atoms with Crippen molar-refractivity contribution in [3.05, 3.63) is 34.3 Å². The minimum absolute atomic E-state index is 0.0627. The van der Waals surface area contributed by atoms with Crippen LogP contribution < -0.4 is 5.32 Å². The van der Waals surface area contributed by atoms with Gasteiger partial charge in [0, 0.05) is 10.4 Å². The molecule has 2 rings (SSSR count). The number of carbonyl (C=O) groups excluding carboxylic acids is 1. The van der Waals surface area contributed by atoms with Gasteiger partial charge in [-0.15, -0.1) is 11.6 Å². The Labute approximate surface area is 115 Å². The smallest absolute Gasteiger partial charge is 0.224 e. The SMILES string of the molecule is O=C(Cc1ccc(Br)cc1)NC1(CCl)CCC1. The standard InChI is InChI=1S/C13H15BrClNO/c14-11-4-2-10(3-5-11)8-12(17)16-13(9-15)6-1-7-13/h2-5H,1,6-9H2,(H,16,17). The van der Waals surface area contributed by atoms with E-state index in [1.54, 1.807) is 0 Å². The van der Waals surface area contributed by atoms with E-state index >= 15 is 0 Å². The highest BCUT2D eigenvalue weighted by Crippen LogP contribution is 2.32. The summed E-state index contributed by atoms with van der Waals surface area (Å²) in [6.07, 6.45) is 3.59. The average molecular weight is 317 g/mol. The number of hydrogen-bond acceptors (Lipinski definition) is 1. The Morgan fingerprint density at radius 3 is 2.47 bits per heavy atom. The summed E-state index contributed by atoms with van der Waals surface area (Å²) < 4.78 is 1.03. The molecule has 1 fully saturated rings. The van der Waals surface area contributed by atoms with Crippen molar-refractivity contribution in [3.63, 3.8) is 0 Å². The van der Waals surface area contributed by atoms with Gasteiger partial charge >= 0.3 is 0 Å². The van der Waals surface area contributed by atoms with Gasteiger partial charge in [0.2, 0.25) is 5.91 Å². The number of alkyl halides is 1. The molecule has 0 saturated heterocycles. The Hall–Kier alpha value is -0.540. The number of nitrogens with one attached hydrogen (secondary N) is 1. The van der Waals surface area contributed by atoms with Crippen molar-refractivity contribution in [2.45, 2.75) is 31.2 Å². The molecule has 4 heteroatoms. The normalized spacial score (nSPS) is 17.3. The van der Waals surface area contributed by atoms with Crippen molar-refractivity contribution in [2.24, 2.45) is 0 Å². The van der Waals surface area contributed by atoms with E-state index in [1.807, 2.05) is 24.3 Å². The fraction of sp³-hybridized carbons (Fsp3) is 0.462. The first-order valence-corrected chi connectivity index (χ1v) is 7.08. The molecule has 0 atom stereocenters. The molecule has 1 aliphatic carbocycles. The van der Waals surface area contributed by atoms with Gasteiger partial charge in [-0.3, -0.25) is 4.79 Å². The van der Waals surface area contributed by atoms with Gasteiger partial charge in [-0.2, -0.15) is 0 Å². The van der Waals surface area contributed by atoms with Crippen LogP contribution in [0.1, 0.15) is 24.8 Å². The lowest BCUT2D eigenvalue weighted by molar-refractivity contribution is -0.123. The van der Waals surface area contributed by atoms with Crippen molar-refractivity contribution in [3.8, 4) is 0 Å². The molecule has 2 nitrogen and oxygen atoms in total. The van der Waals surface area contributed by atoms with Crippen LogP contribution in [-0.2, 0) is 11.2 Å². The first kappa shape index (κ1) is 12.9. The zero-order valence-electron chi connectivity index (χ0n) is 9.51. The van der Waals surface area contributed by atoms with Crippen molar-refractivity contribution in [1.29, 1.82) is 0 Å². The van der Waals surface area contributed by atoms with E-state index in [9.17, 15) is 4.79 Å². The molecule has 0 heterocycles. The highest BCUT2D eigenvalue weighted by Gasteiger charge is 2.37. The van der Waals surface area contributed by atoms with E-state index in [4.69, 9.17) is 11.6 Å². The van der Waals surface area contributed by atoms with Crippen LogP contribution in [0.15, 0.2) is 28.7 Å². The largest absolute Gasteiger partial charge is 0.349 e. The quantitative estimate of drug-likeness (QED) is 0.849. The van der Waals surface area contributed by atoms with Crippen LogP contribution in [0.3, 0.4) is 0 Å². The van der Waals surface area contributed by atoms with Crippen molar-refractivity contribution in [1.82, 2.24) is 5.32 Å². The van der Waals surface area contributed by atoms with Crippen molar-refractivity contribution < 1.29 is 4.79 Å². The first-order chi connectivity index (χ1) is 8.13. The Bertz CT molecular complexity index is 395.